The van der Waals surface area contributed by atoms with E-state index in [1.807, 2.05) is 27.2 Å². The Morgan fingerprint density at radius 2 is 0.841 bits per heavy atom. The van der Waals surface area contributed by atoms with Crippen LogP contribution in [0.4, 0.5) is 0 Å². The Bertz CT molecular complexity index is 1260. The second-order valence-electron chi connectivity index (χ2n) is 21.4. The summed E-state index contributed by atoms with van der Waals surface area (Å²) >= 11 is 0. The molecule has 0 heterocycles. The molecule has 3 unspecified atom stereocenters. The maximum absolute atomic E-state index is 13.0. The van der Waals surface area contributed by atoms with Gasteiger partial charge in [-0.1, -0.05) is 255 Å². The van der Waals surface area contributed by atoms with Gasteiger partial charge >= 0.3 is 7.82 Å². The van der Waals surface area contributed by atoms with Crippen molar-refractivity contribution in [3.63, 3.8) is 0 Å². The first-order chi connectivity index (χ1) is 33.5. The molecule has 0 aliphatic heterocycles. The van der Waals surface area contributed by atoms with Crippen molar-refractivity contribution in [3.8, 4) is 0 Å². The van der Waals surface area contributed by atoms with Crippen molar-refractivity contribution >= 4 is 13.7 Å². The van der Waals surface area contributed by atoms with Crippen LogP contribution < -0.4 is 5.32 Å². The Kier molecular flexibility index (Phi) is 50.2. The highest BCUT2D eigenvalue weighted by Gasteiger charge is 2.27. The number of phosphoric acid groups is 1. The zero-order valence-corrected chi connectivity index (χ0v) is 47.2. The highest BCUT2D eigenvalue weighted by molar-refractivity contribution is 7.47. The van der Waals surface area contributed by atoms with Gasteiger partial charge in [-0.25, -0.2) is 4.57 Å². The lowest BCUT2D eigenvalue weighted by Crippen LogP contribution is -2.45. The summed E-state index contributed by atoms with van der Waals surface area (Å²) in [5, 5.41) is 13.9. The summed E-state index contributed by atoms with van der Waals surface area (Å²) < 4.78 is 23.7. The third-order valence-electron chi connectivity index (χ3n) is 13.3. The number of phosphoric ester groups is 1. The van der Waals surface area contributed by atoms with E-state index in [0.29, 0.717) is 17.4 Å². The summed E-state index contributed by atoms with van der Waals surface area (Å²) in [6.07, 6.45) is 68.0. The predicted molar refractivity (Wildman–Crippen MR) is 300 cm³/mol. The number of carbonyl (C=O) groups excluding carboxylic acids is 1. The summed E-state index contributed by atoms with van der Waals surface area (Å²) in [6, 6.07) is -0.862. The fourth-order valence-corrected chi connectivity index (χ4v) is 9.36. The van der Waals surface area contributed by atoms with Crippen molar-refractivity contribution < 1.29 is 32.9 Å². The molecule has 0 aromatic rings. The lowest BCUT2D eigenvalue weighted by molar-refractivity contribution is -0.870. The topological polar surface area (TPSA) is 105 Å². The number of amides is 1. The van der Waals surface area contributed by atoms with Crippen molar-refractivity contribution in [3.05, 3.63) is 48.6 Å². The minimum atomic E-state index is -4.35. The van der Waals surface area contributed by atoms with Gasteiger partial charge in [0.15, 0.2) is 0 Å². The number of allylic oxidation sites excluding steroid dienone is 7. The number of rotatable bonds is 54. The molecule has 8 nitrogen and oxygen atoms in total. The fourth-order valence-electron chi connectivity index (χ4n) is 8.62. The van der Waals surface area contributed by atoms with Gasteiger partial charge in [0.05, 0.1) is 39.9 Å². The van der Waals surface area contributed by atoms with Crippen LogP contribution in [0.1, 0.15) is 277 Å². The number of unbranched alkanes of at least 4 members (excludes halogenated alkanes) is 35. The van der Waals surface area contributed by atoms with E-state index in [9.17, 15) is 19.4 Å². The number of carbonyl (C=O) groups is 1. The minimum Gasteiger partial charge on any atom is -0.387 e. The molecule has 0 fully saturated rings. The smallest absolute Gasteiger partial charge is 0.387 e. The number of nitrogens with zero attached hydrogens (tertiary/aromatic N) is 1. The van der Waals surface area contributed by atoms with Gasteiger partial charge in [-0.05, 0) is 64.2 Å². The van der Waals surface area contributed by atoms with Gasteiger partial charge in [0.1, 0.15) is 13.2 Å². The number of quaternary nitrogens is 1. The summed E-state index contributed by atoms with van der Waals surface area (Å²) in [5.41, 5.74) is 0. The van der Waals surface area contributed by atoms with Crippen molar-refractivity contribution in [2.75, 3.05) is 40.9 Å². The first-order valence-corrected chi connectivity index (χ1v) is 31.0. The van der Waals surface area contributed by atoms with Crippen LogP contribution in [0.15, 0.2) is 48.6 Å². The molecule has 0 aromatic heterocycles. The number of aliphatic hydroxyl groups excluding tert-OH is 1. The molecule has 0 aliphatic rings. The number of hydrogen-bond donors (Lipinski definition) is 3. The molecule has 3 atom stereocenters. The second-order valence-corrected chi connectivity index (χ2v) is 22.8. The number of hydrogen-bond acceptors (Lipinski definition) is 5. The molecule has 0 aliphatic carbocycles. The molecule has 3 N–H and O–H groups in total. The molecule has 0 radical (unpaired) electrons. The van der Waals surface area contributed by atoms with E-state index in [1.54, 1.807) is 6.08 Å². The Morgan fingerprint density at radius 3 is 1.25 bits per heavy atom. The van der Waals surface area contributed by atoms with E-state index in [4.69, 9.17) is 9.05 Å². The van der Waals surface area contributed by atoms with Crippen LogP contribution in [0, 0.1) is 0 Å². The Labute approximate surface area is 429 Å². The van der Waals surface area contributed by atoms with Crippen molar-refractivity contribution in [1.29, 1.82) is 0 Å². The van der Waals surface area contributed by atoms with E-state index in [1.165, 1.54) is 212 Å². The molecule has 0 saturated carbocycles. The van der Waals surface area contributed by atoms with Gasteiger partial charge in [0.2, 0.25) is 5.91 Å². The zero-order chi connectivity index (χ0) is 50.6. The molecule has 0 saturated heterocycles. The van der Waals surface area contributed by atoms with E-state index < -0.39 is 20.0 Å². The predicted octanol–water partition coefficient (Wildman–Crippen LogP) is 17.9. The molecule has 1 amide bonds. The lowest BCUT2D eigenvalue weighted by Gasteiger charge is -2.25. The molecular weight excluding hydrogens is 876 g/mol. The highest BCUT2D eigenvalue weighted by atomic mass is 31.2. The first-order valence-electron chi connectivity index (χ1n) is 29.5. The Hall–Kier alpha value is -1.54. The van der Waals surface area contributed by atoms with Gasteiger partial charge < -0.3 is 19.8 Å². The Morgan fingerprint density at radius 1 is 0.493 bits per heavy atom. The largest absolute Gasteiger partial charge is 0.472 e. The van der Waals surface area contributed by atoms with Gasteiger partial charge in [0.25, 0.3) is 0 Å². The SMILES string of the molecule is CCCCCCC/C=C\C/C=C\CCCCCCCCCCCCCCCCCCCCCCCC(=O)NC(COP(=O)(O)OCC[N+](C)(C)C)C(O)/C=C/CC/C=C/CCCCCCCCCC. The minimum absolute atomic E-state index is 0.0568. The number of aliphatic hydroxyl groups is 1. The summed E-state index contributed by atoms with van der Waals surface area (Å²) in [5.74, 6) is -0.184. The average Bonchev–Trinajstić information content (AvgIpc) is 3.31. The quantitative estimate of drug-likeness (QED) is 0.0243. The third kappa shape index (κ3) is 54.1. The first kappa shape index (κ1) is 67.5. The molecule has 69 heavy (non-hydrogen) atoms. The summed E-state index contributed by atoms with van der Waals surface area (Å²) in [4.78, 5) is 23.3. The van der Waals surface area contributed by atoms with Crippen LogP contribution in [0.2, 0.25) is 0 Å². The van der Waals surface area contributed by atoms with Crippen molar-refractivity contribution in [2.24, 2.45) is 0 Å². The fraction of sp³-hybridized carbons (Fsp3) is 0.850. The molecular formula is C60H116N2O6P+. The second kappa shape index (κ2) is 51.4. The van der Waals surface area contributed by atoms with Crippen LogP contribution >= 0.6 is 7.82 Å². The monoisotopic (exact) mass is 992 g/mol. The normalized spacial score (nSPS) is 14.2. The van der Waals surface area contributed by atoms with Crippen LogP contribution in [0.25, 0.3) is 0 Å². The van der Waals surface area contributed by atoms with Crippen molar-refractivity contribution in [2.45, 2.75) is 289 Å². The molecule has 9 heteroatoms. The lowest BCUT2D eigenvalue weighted by atomic mass is 10.0. The number of nitrogens with one attached hydrogen (secondary N) is 1. The average molecular weight is 993 g/mol. The van der Waals surface area contributed by atoms with Crippen LogP contribution in [0.5, 0.6) is 0 Å². The standard InChI is InChI=1S/C60H115N2O6P/c1-6-8-10-12-14-16-18-20-22-23-24-25-26-27-28-29-30-31-32-33-34-35-36-37-38-39-40-42-44-46-48-50-52-54-60(64)61-58(57-68-69(65,66)67-56-55-62(3,4)5)59(63)53-51-49-47-45-43-41-21-19-17-15-13-11-9-7-2/h18,20,23-24,43,45,51,53,58-59,63H,6-17,19,21-22,25-42,44,46-50,52,54-57H2,1-5H3,(H-,61,64,65,66)/p+1/b20-18-,24-23-,45-43+,53-51+. The zero-order valence-electron chi connectivity index (χ0n) is 46.3. The van der Waals surface area contributed by atoms with Crippen LogP contribution in [0.3, 0.4) is 0 Å². The third-order valence-corrected chi connectivity index (χ3v) is 14.3. The molecule has 0 aromatic carbocycles. The van der Waals surface area contributed by atoms with E-state index in [2.05, 4.69) is 55.6 Å². The van der Waals surface area contributed by atoms with E-state index in [0.717, 1.165) is 44.9 Å². The highest BCUT2D eigenvalue weighted by Crippen LogP contribution is 2.43. The molecule has 0 rings (SSSR count). The molecule has 0 bridgehead atoms. The van der Waals surface area contributed by atoms with Gasteiger partial charge in [0, 0.05) is 6.42 Å². The van der Waals surface area contributed by atoms with Gasteiger partial charge in [-0.15, -0.1) is 0 Å². The number of likely N-dealkylation sites (N-methyl/N-ethyl adjacent to an activating group) is 1. The maximum atomic E-state index is 13.0. The van der Waals surface area contributed by atoms with Crippen molar-refractivity contribution in [1.82, 2.24) is 5.32 Å². The summed E-state index contributed by atoms with van der Waals surface area (Å²) in [7, 11) is 1.56. The van der Waals surface area contributed by atoms with E-state index in [-0.39, 0.29) is 19.1 Å². The van der Waals surface area contributed by atoms with E-state index >= 15 is 0 Å². The van der Waals surface area contributed by atoms with Gasteiger partial charge in [-0.2, -0.15) is 0 Å². The summed E-state index contributed by atoms with van der Waals surface area (Å²) in [6.45, 7) is 4.80. The molecule has 0 spiro atoms. The molecule has 406 valence electrons. The van der Waals surface area contributed by atoms with Crippen LogP contribution in [-0.2, 0) is 18.4 Å². The van der Waals surface area contributed by atoms with Gasteiger partial charge in [-0.3, -0.25) is 13.8 Å². The Balaban J connectivity index is 4.03. The van der Waals surface area contributed by atoms with Crippen LogP contribution in [-0.4, -0.2) is 73.4 Å². The maximum Gasteiger partial charge on any atom is 0.472 e.